The summed E-state index contributed by atoms with van der Waals surface area (Å²) in [6.07, 6.45) is 3.68. The number of likely N-dealkylation sites (N-methyl/N-ethyl adjacent to an activating group) is 1. The molecule has 1 fully saturated rings. The van der Waals surface area contributed by atoms with Crippen molar-refractivity contribution < 1.29 is 17.9 Å². The van der Waals surface area contributed by atoms with Crippen LogP contribution in [0.1, 0.15) is 47.6 Å². The van der Waals surface area contributed by atoms with Crippen LogP contribution in [-0.4, -0.2) is 53.0 Å². The highest BCUT2D eigenvalue weighted by Crippen LogP contribution is 2.27. The van der Waals surface area contributed by atoms with E-state index in [0.29, 0.717) is 6.54 Å². The maximum Gasteiger partial charge on any atom is 0.251 e. The second-order valence-corrected chi connectivity index (χ2v) is 9.75. The largest absolute Gasteiger partial charge is 0.495 e. The maximum absolute atomic E-state index is 13.0. The molecule has 2 aromatic rings. The van der Waals surface area contributed by atoms with Crippen molar-refractivity contribution >= 4 is 15.9 Å². The maximum atomic E-state index is 13.0. The molecule has 1 atom stereocenters. The zero-order chi connectivity index (χ0) is 22.4. The Bertz CT molecular complexity index is 987. The molecule has 1 aliphatic rings. The van der Waals surface area contributed by atoms with Gasteiger partial charge in [0.1, 0.15) is 10.6 Å². The van der Waals surface area contributed by atoms with Crippen LogP contribution in [0.25, 0.3) is 0 Å². The Balaban J connectivity index is 1.77. The van der Waals surface area contributed by atoms with Gasteiger partial charge >= 0.3 is 0 Å². The first-order chi connectivity index (χ1) is 14.8. The number of carbonyl (C=O) groups excluding carboxylic acids is 1. The highest BCUT2D eigenvalue weighted by atomic mass is 32.2. The molecule has 7 nitrogen and oxygen atoms in total. The number of ether oxygens (including phenoxy) is 1. The van der Waals surface area contributed by atoms with Gasteiger partial charge in [0.2, 0.25) is 10.0 Å². The van der Waals surface area contributed by atoms with E-state index >= 15 is 0 Å². The molecule has 1 amide bonds. The van der Waals surface area contributed by atoms with Gasteiger partial charge in [-0.1, -0.05) is 43.2 Å². The van der Waals surface area contributed by atoms with Gasteiger partial charge in [0, 0.05) is 18.2 Å². The monoisotopic (exact) mass is 445 g/mol. The zero-order valence-corrected chi connectivity index (χ0v) is 19.1. The van der Waals surface area contributed by atoms with Crippen LogP contribution >= 0.6 is 0 Å². The van der Waals surface area contributed by atoms with Gasteiger partial charge in [0.05, 0.1) is 13.2 Å². The second kappa shape index (κ2) is 10.3. The van der Waals surface area contributed by atoms with Crippen molar-refractivity contribution in [2.24, 2.45) is 0 Å². The minimum absolute atomic E-state index is 0.00404. The summed E-state index contributed by atoms with van der Waals surface area (Å²) in [4.78, 5) is 14.9. The summed E-state index contributed by atoms with van der Waals surface area (Å²) in [6, 6.07) is 14.3. The molecule has 0 saturated heterocycles. The quantitative estimate of drug-likeness (QED) is 0.620. The summed E-state index contributed by atoms with van der Waals surface area (Å²) in [5.74, 6) is -0.111. The Kier molecular flexibility index (Phi) is 7.69. The van der Waals surface area contributed by atoms with Gasteiger partial charge in [-0.3, -0.25) is 4.79 Å². The average Bonchev–Trinajstić information content (AvgIpc) is 3.26. The zero-order valence-electron chi connectivity index (χ0n) is 18.3. The van der Waals surface area contributed by atoms with Crippen molar-refractivity contribution in [2.45, 2.75) is 42.7 Å². The SMILES string of the molecule is COc1ccc(C(=O)NCC(c2ccccc2)N(C)C)cc1S(=O)(=O)NC1CCCC1. The lowest BCUT2D eigenvalue weighted by atomic mass is 10.1. The molecule has 0 radical (unpaired) electrons. The lowest BCUT2D eigenvalue weighted by molar-refractivity contribution is 0.0941. The summed E-state index contributed by atoms with van der Waals surface area (Å²) in [6.45, 7) is 0.393. The lowest BCUT2D eigenvalue weighted by Gasteiger charge is -2.25. The van der Waals surface area contributed by atoms with Crippen LogP contribution in [0.5, 0.6) is 5.75 Å². The smallest absolute Gasteiger partial charge is 0.251 e. The first-order valence-corrected chi connectivity index (χ1v) is 12.0. The molecule has 0 bridgehead atoms. The van der Waals surface area contributed by atoms with Gasteiger partial charge in [0.15, 0.2) is 0 Å². The normalized spacial score (nSPS) is 15.7. The fraction of sp³-hybridized carbons (Fsp3) is 0.435. The van der Waals surface area contributed by atoms with E-state index in [2.05, 4.69) is 10.0 Å². The van der Waals surface area contributed by atoms with Gasteiger partial charge in [0.25, 0.3) is 5.91 Å². The van der Waals surface area contributed by atoms with Crippen LogP contribution in [0.15, 0.2) is 53.4 Å². The number of benzene rings is 2. The Morgan fingerprint density at radius 1 is 1.13 bits per heavy atom. The number of nitrogens with one attached hydrogen (secondary N) is 2. The number of methoxy groups -OCH3 is 1. The first kappa shape index (κ1) is 23.2. The molecular weight excluding hydrogens is 414 g/mol. The molecule has 3 rings (SSSR count). The topological polar surface area (TPSA) is 87.7 Å². The predicted molar refractivity (Wildman–Crippen MR) is 121 cm³/mol. The summed E-state index contributed by atoms with van der Waals surface area (Å²) in [5.41, 5.74) is 1.37. The summed E-state index contributed by atoms with van der Waals surface area (Å²) in [5, 5.41) is 2.93. The van der Waals surface area contributed by atoms with Crippen LogP contribution in [0.4, 0.5) is 0 Å². The van der Waals surface area contributed by atoms with Crippen molar-refractivity contribution in [1.29, 1.82) is 0 Å². The number of hydrogen-bond acceptors (Lipinski definition) is 5. The third kappa shape index (κ3) is 5.84. The molecule has 2 aromatic carbocycles. The Morgan fingerprint density at radius 2 is 1.81 bits per heavy atom. The minimum Gasteiger partial charge on any atom is -0.495 e. The number of nitrogens with zero attached hydrogens (tertiary/aromatic N) is 1. The van der Waals surface area contributed by atoms with Crippen molar-refractivity contribution in [3.05, 3.63) is 59.7 Å². The van der Waals surface area contributed by atoms with E-state index in [4.69, 9.17) is 4.74 Å². The Morgan fingerprint density at radius 3 is 2.42 bits per heavy atom. The van der Waals surface area contributed by atoms with Crippen molar-refractivity contribution in [2.75, 3.05) is 27.7 Å². The summed E-state index contributed by atoms with van der Waals surface area (Å²) < 4.78 is 33.9. The highest BCUT2D eigenvalue weighted by Gasteiger charge is 2.27. The van der Waals surface area contributed by atoms with Crippen LogP contribution in [0, 0.1) is 0 Å². The van der Waals surface area contributed by atoms with Gasteiger partial charge in [-0.15, -0.1) is 0 Å². The third-order valence-electron chi connectivity index (χ3n) is 5.66. The second-order valence-electron chi connectivity index (χ2n) is 8.07. The van der Waals surface area contributed by atoms with Crippen molar-refractivity contribution in [1.82, 2.24) is 14.9 Å². The fourth-order valence-corrected chi connectivity index (χ4v) is 5.42. The van der Waals surface area contributed by atoms with E-state index in [0.717, 1.165) is 31.2 Å². The molecule has 31 heavy (non-hydrogen) atoms. The van der Waals surface area contributed by atoms with Gasteiger partial charge < -0.3 is 15.0 Å². The Hall–Kier alpha value is -2.42. The van der Waals surface area contributed by atoms with Crippen LogP contribution in [-0.2, 0) is 10.0 Å². The molecule has 1 unspecified atom stereocenters. The van der Waals surface area contributed by atoms with Gasteiger partial charge in [-0.05, 0) is 50.7 Å². The van der Waals surface area contributed by atoms with Gasteiger partial charge in [-0.25, -0.2) is 13.1 Å². The number of hydrogen-bond donors (Lipinski definition) is 2. The first-order valence-electron chi connectivity index (χ1n) is 10.5. The van der Waals surface area contributed by atoms with E-state index in [-0.39, 0.29) is 34.2 Å². The fourth-order valence-electron chi connectivity index (χ4n) is 3.92. The summed E-state index contributed by atoms with van der Waals surface area (Å²) in [7, 11) is 1.54. The van der Waals surface area contributed by atoms with Crippen molar-refractivity contribution in [3.8, 4) is 5.75 Å². The van der Waals surface area contributed by atoms with E-state index in [1.54, 1.807) is 6.07 Å². The minimum atomic E-state index is -3.79. The molecule has 1 aliphatic carbocycles. The van der Waals surface area contributed by atoms with Gasteiger partial charge in [-0.2, -0.15) is 0 Å². The molecule has 0 aromatic heterocycles. The van der Waals surface area contributed by atoms with Crippen LogP contribution in [0.2, 0.25) is 0 Å². The van der Waals surface area contributed by atoms with E-state index in [1.165, 1.54) is 19.2 Å². The predicted octanol–water partition coefficient (Wildman–Crippen LogP) is 2.95. The molecule has 0 aliphatic heterocycles. The number of rotatable bonds is 9. The van der Waals surface area contributed by atoms with E-state index < -0.39 is 10.0 Å². The Labute approximate surface area is 184 Å². The molecule has 0 spiro atoms. The van der Waals surface area contributed by atoms with E-state index in [1.807, 2.05) is 49.3 Å². The molecule has 8 heteroatoms. The molecule has 168 valence electrons. The van der Waals surface area contributed by atoms with E-state index in [9.17, 15) is 13.2 Å². The molecule has 0 heterocycles. The molecular formula is C23H31N3O4S. The standard InChI is InChI=1S/C23H31N3O4S/c1-26(2)20(17-9-5-4-6-10-17)16-24-23(27)18-13-14-21(30-3)22(15-18)31(28,29)25-19-11-7-8-12-19/h4-6,9-10,13-15,19-20,25H,7-8,11-12,16H2,1-3H3,(H,24,27). The molecule has 1 saturated carbocycles. The number of carbonyl (C=O) groups is 1. The number of amides is 1. The third-order valence-corrected chi connectivity index (χ3v) is 7.20. The number of sulfonamides is 1. The van der Waals surface area contributed by atoms with Crippen LogP contribution in [0.3, 0.4) is 0 Å². The van der Waals surface area contributed by atoms with Crippen molar-refractivity contribution in [3.63, 3.8) is 0 Å². The average molecular weight is 446 g/mol. The summed E-state index contributed by atoms with van der Waals surface area (Å²) >= 11 is 0. The van der Waals surface area contributed by atoms with Crippen LogP contribution < -0.4 is 14.8 Å². The highest BCUT2D eigenvalue weighted by molar-refractivity contribution is 7.89. The molecule has 2 N–H and O–H groups in total. The lowest BCUT2D eigenvalue weighted by Crippen LogP contribution is -2.35.